The minimum atomic E-state index is -0.148. The molecule has 2 nitrogen and oxygen atoms in total. The van der Waals surface area contributed by atoms with Crippen LogP contribution in [-0.2, 0) is 4.79 Å². The first-order valence-corrected chi connectivity index (χ1v) is 5.98. The molecule has 0 bridgehead atoms. The number of nitrogens with one attached hydrogen (secondary N) is 1. The highest BCUT2D eigenvalue weighted by atomic mass is 79.9. The maximum Gasteiger partial charge on any atom is 0.235 e. The van der Waals surface area contributed by atoms with Crippen LogP contribution < -0.4 is 5.32 Å². The fraction of sp³-hybridized carbons (Fsp3) is 0.364. The lowest BCUT2D eigenvalue weighted by molar-refractivity contribution is -0.119. The van der Waals surface area contributed by atoms with E-state index in [4.69, 9.17) is 11.6 Å². The molecule has 0 fully saturated rings. The summed E-state index contributed by atoms with van der Waals surface area (Å²) in [6, 6.07) is 6.00. The summed E-state index contributed by atoms with van der Waals surface area (Å²) in [6.07, 6.45) is 0. The molecule has 1 amide bonds. The second kappa shape index (κ2) is 5.52. The lowest BCUT2D eigenvalue weighted by atomic mass is 10.1. The zero-order valence-electron chi connectivity index (χ0n) is 8.68. The maximum absolute atomic E-state index is 11.1. The molecule has 4 heteroatoms. The number of halogens is 2. The summed E-state index contributed by atoms with van der Waals surface area (Å²) in [5, 5.41) is 2.81. The summed E-state index contributed by atoms with van der Waals surface area (Å²) in [6.45, 7) is 3.96. The number of alkyl halides is 1. The van der Waals surface area contributed by atoms with Crippen LogP contribution >= 0.6 is 27.5 Å². The summed E-state index contributed by atoms with van der Waals surface area (Å²) >= 11 is 8.86. The van der Waals surface area contributed by atoms with Crippen molar-refractivity contribution in [2.24, 2.45) is 0 Å². The number of amides is 1. The van der Waals surface area contributed by atoms with Gasteiger partial charge in [0.25, 0.3) is 0 Å². The highest BCUT2D eigenvalue weighted by Crippen LogP contribution is 2.21. The van der Waals surface area contributed by atoms with Gasteiger partial charge in [-0.2, -0.15) is 0 Å². The third kappa shape index (κ3) is 3.50. The molecule has 0 aromatic heterocycles. The van der Waals surface area contributed by atoms with Crippen molar-refractivity contribution in [3.05, 3.63) is 33.8 Å². The van der Waals surface area contributed by atoms with Gasteiger partial charge in [-0.05, 0) is 31.0 Å². The van der Waals surface area contributed by atoms with Crippen LogP contribution in [0, 0.1) is 6.92 Å². The van der Waals surface area contributed by atoms with Gasteiger partial charge < -0.3 is 5.32 Å². The summed E-state index contributed by atoms with van der Waals surface area (Å²) < 4.78 is 1.07. The van der Waals surface area contributed by atoms with E-state index in [1.807, 2.05) is 32.0 Å². The van der Waals surface area contributed by atoms with E-state index in [1.54, 1.807) is 0 Å². The second-order valence-electron chi connectivity index (χ2n) is 3.43. The zero-order valence-corrected chi connectivity index (χ0v) is 11.0. The van der Waals surface area contributed by atoms with Crippen molar-refractivity contribution in [2.75, 3.05) is 5.88 Å². The monoisotopic (exact) mass is 289 g/mol. The molecule has 0 aliphatic rings. The SMILES string of the molecule is Cc1cc([C@H](C)NC(=O)CCl)ccc1Br. The molecule has 1 aromatic carbocycles. The van der Waals surface area contributed by atoms with E-state index in [2.05, 4.69) is 21.2 Å². The minimum absolute atomic E-state index is 0.000149. The van der Waals surface area contributed by atoms with E-state index in [9.17, 15) is 4.79 Å². The van der Waals surface area contributed by atoms with Gasteiger partial charge in [-0.25, -0.2) is 0 Å². The fourth-order valence-electron chi connectivity index (χ4n) is 1.30. The third-order valence-corrected chi connectivity index (χ3v) is 3.31. The van der Waals surface area contributed by atoms with Gasteiger partial charge in [0.15, 0.2) is 0 Å². The number of benzene rings is 1. The average Bonchev–Trinajstić information content (AvgIpc) is 2.21. The summed E-state index contributed by atoms with van der Waals surface area (Å²) in [7, 11) is 0. The third-order valence-electron chi connectivity index (χ3n) is 2.18. The van der Waals surface area contributed by atoms with Crippen LogP contribution in [0.2, 0.25) is 0 Å². The van der Waals surface area contributed by atoms with Gasteiger partial charge in [-0.1, -0.05) is 28.1 Å². The van der Waals surface area contributed by atoms with Gasteiger partial charge in [-0.15, -0.1) is 11.6 Å². The summed E-state index contributed by atoms with van der Waals surface area (Å²) in [5.74, 6) is -0.149. The first-order valence-electron chi connectivity index (χ1n) is 4.66. The lowest BCUT2D eigenvalue weighted by Gasteiger charge is -2.14. The average molecular weight is 291 g/mol. The molecular weight excluding hydrogens is 277 g/mol. The molecule has 1 atom stereocenters. The van der Waals surface area contributed by atoms with Crippen molar-refractivity contribution in [1.82, 2.24) is 5.32 Å². The van der Waals surface area contributed by atoms with Crippen molar-refractivity contribution >= 4 is 33.4 Å². The molecule has 0 unspecified atom stereocenters. The predicted molar refractivity (Wildman–Crippen MR) is 66.2 cm³/mol. The normalized spacial score (nSPS) is 12.3. The number of carbonyl (C=O) groups excluding carboxylic acids is 1. The number of rotatable bonds is 3. The molecule has 1 aromatic rings. The quantitative estimate of drug-likeness (QED) is 0.851. The maximum atomic E-state index is 11.1. The highest BCUT2D eigenvalue weighted by molar-refractivity contribution is 9.10. The Morgan fingerprint density at radius 1 is 1.60 bits per heavy atom. The largest absolute Gasteiger partial charge is 0.349 e. The smallest absolute Gasteiger partial charge is 0.235 e. The first kappa shape index (κ1) is 12.5. The van der Waals surface area contributed by atoms with Gasteiger partial charge in [0.1, 0.15) is 5.88 Å². The molecule has 0 aliphatic carbocycles. The molecule has 82 valence electrons. The molecule has 15 heavy (non-hydrogen) atoms. The topological polar surface area (TPSA) is 29.1 Å². The van der Waals surface area contributed by atoms with E-state index < -0.39 is 0 Å². The van der Waals surface area contributed by atoms with Gasteiger partial charge in [0, 0.05) is 4.47 Å². The Morgan fingerprint density at radius 3 is 2.80 bits per heavy atom. The molecule has 0 heterocycles. The standard InChI is InChI=1S/C11H13BrClNO/c1-7-5-9(3-4-10(7)12)8(2)14-11(15)6-13/h3-5,8H,6H2,1-2H3,(H,14,15)/t8-/m0/s1. The van der Waals surface area contributed by atoms with E-state index in [1.165, 1.54) is 0 Å². The summed E-state index contributed by atoms with van der Waals surface area (Å²) in [5.41, 5.74) is 2.23. The van der Waals surface area contributed by atoms with Crippen LogP contribution in [0.4, 0.5) is 0 Å². The zero-order chi connectivity index (χ0) is 11.4. The number of aryl methyl sites for hydroxylation is 1. The predicted octanol–water partition coefficient (Wildman–Crippen LogP) is 3.17. The van der Waals surface area contributed by atoms with Crippen LogP contribution in [0.5, 0.6) is 0 Å². The van der Waals surface area contributed by atoms with Crippen molar-refractivity contribution in [3.63, 3.8) is 0 Å². The van der Waals surface area contributed by atoms with Crippen molar-refractivity contribution < 1.29 is 4.79 Å². The van der Waals surface area contributed by atoms with Gasteiger partial charge in [-0.3, -0.25) is 4.79 Å². The van der Waals surface area contributed by atoms with Crippen molar-refractivity contribution in [2.45, 2.75) is 19.9 Å². The first-order chi connectivity index (χ1) is 7.04. The van der Waals surface area contributed by atoms with E-state index in [0.717, 1.165) is 15.6 Å². The Morgan fingerprint density at radius 2 is 2.27 bits per heavy atom. The number of carbonyl (C=O) groups is 1. The van der Waals surface area contributed by atoms with Crippen LogP contribution in [0.1, 0.15) is 24.1 Å². The van der Waals surface area contributed by atoms with Gasteiger partial charge in [0.05, 0.1) is 6.04 Å². The Hall–Kier alpha value is -0.540. The Balaban J connectivity index is 2.78. The van der Waals surface area contributed by atoms with Crippen molar-refractivity contribution in [1.29, 1.82) is 0 Å². The van der Waals surface area contributed by atoms with Gasteiger partial charge in [0.2, 0.25) is 5.91 Å². The molecular formula is C11H13BrClNO. The molecule has 0 saturated heterocycles. The molecule has 1 N–H and O–H groups in total. The molecule has 1 rings (SSSR count). The Labute approximate surface area is 103 Å². The minimum Gasteiger partial charge on any atom is -0.349 e. The molecule has 0 spiro atoms. The van der Waals surface area contributed by atoms with E-state index in [0.29, 0.717) is 0 Å². The molecule has 0 radical (unpaired) electrons. The Bertz CT molecular complexity index is 368. The van der Waals surface area contributed by atoms with E-state index >= 15 is 0 Å². The molecule has 0 aliphatic heterocycles. The number of hydrogen-bond donors (Lipinski definition) is 1. The fourth-order valence-corrected chi connectivity index (χ4v) is 1.62. The van der Waals surface area contributed by atoms with Crippen LogP contribution in [0.3, 0.4) is 0 Å². The van der Waals surface area contributed by atoms with E-state index in [-0.39, 0.29) is 17.8 Å². The second-order valence-corrected chi connectivity index (χ2v) is 4.55. The van der Waals surface area contributed by atoms with Crippen LogP contribution in [0.25, 0.3) is 0 Å². The van der Waals surface area contributed by atoms with Crippen LogP contribution in [0.15, 0.2) is 22.7 Å². The van der Waals surface area contributed by atoms with Crippen molar-refractivity contribution in [3.8, 4) is 0 Å². The highest BCUT2D eigenvalue weighted by Gasteiger charge is 2.09. The van der Waals surface area contributed by atoms with Gasteiger partial charge >= 0.3 is 0 Å². The molecule has 0 saturated carbocycles. The number of hydrogen-bond acceptors (Lipinski definition) is 1. The van der Waals surface area contributed by atoms with Crippen LogP contribution in [-0.4, -0.2) is 11.8 Å². The summed E-state index contributed by atoms with van der Waals surface area (Å²) in [4.78, 5) is 11.1. The lowest BCUT2D eigenvalue weighted by Crippen LogP contribution is -2.27. The Kier molecular flexibility index (Phi) is 4.61.